The van der Waals surface area contributed by atoms with Gasteiger partial charge in [-0.3, -0.25) is 4.79 Å². The van der Waals surface area contributed by atoms with Crippen LogP contribution in [-0.4, -0.2) is 30.5 Å². The Bertz CT molecular complexity index is 393. The van der Waals surface area contributed by atoms with Crippen molar-refractivity contribution in [2.45, 2.75) is 32.9 Å². The summed E-state index contributed by atoms with van der Waals surface area (Å²) >= 11 is 0. The van der Waals surface area contributed by atoms with E-state index in [1.54, 1.807) is 11.9 Å². The summed E-state index contributed by atoms with van der Waals surface area (Å²) in [5.74, 6) is 0.786. The second-order valence-corrected chi connectivity index (χ2v) is 4.25. The second kappa shape index (κ2) is 7.01. The molecule has 0 aliphatic rings. The van der Waals surface area contributed by atoms with E-state index in [2.05, 4.69) is 0 Å². The first-order chi connectivity index (χ1) is 8.60. The molecule has 0 aliphatic carbocycles. The lowest BCUT2D eigenvalue weighted by atomic mass is 10.1. The third-order valence-electron chi connectivity index (χ3n) is 2.81. The molecule has 1 amide bonds. The summed E-state index contributed by atoms with van der Waals surface area (Å²) in [5, 5.41) is 0. The van der Waals surface area contributed by atoms with E-state index < -0.39 is 6.04 Å². The normalized spacial score (nSPS) is 12.0. The number of hydrogen-bond donors (Lipinski definition) is 1. The molecule has 0 aliphatic heterocycles. The summed E-state index contributed by atoms with van der Waals surface area (Å²) in [6.07, 6.45) is 0.649. The molecule has 0 aromatic heterocycles. The third kappa shape index (κ3) is 3.74. The Morgan fingerprint density at radius 3 is 2.67 bits per heavy atom. The molecular formula is C14H22N2O2. The monoisotopic (exact) mass is 250 g/mol. The molecule has 1 unspecified atom stereocenters. The van der Waals surface area contributed by atoms with Crippen molar-refractivity contribution in [1.82, 2.24) is 4.90 Å². The maximum Gasteiger partial charge on any atom is 0.239 e. The van der Waals surface area contributed by atoms with Gasteiger partial charge in [0.15, 0.2) is 0 Å². The molecule has 0 radical (unpaired) electrons. The molecule has 1 aromatic rings. The zero-order valence-electron chi connectivity index (χ0n) is 11.3. The highest BCUT2D eigenvalue weighted by Gasteiger charge is 2.17. The molecule has 4 nitrogen and oxygen atoms in total. The summed E-state index contributed by atoms with van der Waals surface area (Å²) < 4.78 is 5.54. The van der Waals surface area contributed by atoms with Crippen LogP contribution in [0.5, 0.6) is 5.75 Å². The van der Waals surface area contributed by atoms with Crippen molar-refractivity contribution in [2.75, 3.05) is 13.7 Å². The van der Waals surface area contributed by atoms with E-state index in [0.717, 1.165) is 11.3 Å². The van der Waals surface area contributed by atoms with Crippen LogP contribution in [0.2, 0.25) is 0 Å². The van der Waals surface area contributed by atoms with Crippen LogP contribution >= 0.6 is 0 Å². The molecule has 0 spiro atoms. The van der Waals surface area contributed by atoms with Crippen LogP contribution < -0.4 is 10.5 Å². The Kier molecular flexibility index (Phi) is 5.65. The zero-order chi connectivity index (χ0) is 13.5. The molecule has 1 rings (SSSR count). The molecule has 18 heavy (non-hydrogen) atoms. The van der Waals surface area contributed by atoms with Gasteiger partial charge in [-0.2, -0.15) is 0 Å². The van der Waals surface area contributed by atoms with Gasteiger partial charge in [-0.05, 0) is 19.4 Å². The lowest BCUT2D eigenvalue weighted by Crippen LogP contribution is -2.40. The van der Waals surface area contributed by atoms with E-state index in [1.165, 1.54) is 0 Å². The average Bonchev–Trinajstić information content (AvgIpc) is 2.39. The van der Waals surface area contributed by atoms with E-state index in [1.807, 2.05) is 38.1 Å². The van der Waals surface area contributed by atoms with Crippen molar-refractivity contribution in [2.24, 2.45) is 5.73 Å². The van der Waals surface area contributed by atoms with E-state index in [9.17, 15) is 4.79 Å². The van der Waals surface area contributed by atoms with Crippen LogP contribution in [0.25, 0.3) is 0 Å². The van der Waals surface area contributed by atoms with Crippen molar-refractivity contribution in [3.8, 4) is 5.75 Å². The predicted octanol–water partition coefficient (Wildman–Crippen LogP) is 1.78. The third-order valence-corrected chi connectivity index (χ3v) is 2.81. The number of carbonyl (C=O) groups is 1. The van der Waals surface area contributed by atoms with Gasteiger partial charge in [0.25, 0.3) is 0 Å². The summed E-state index contributed by atoms with van der Waals surface area (Å²) in [6, 6.07) is 7.32. The molecule has 0 fully saturated rings. The molecule has 2 N–H and O–H groups in total. The fourth-order valence-corrected chi connectivity index (χ4v) is 1.72. The zero-order valence-corrected chi connectivity index (χ0v) is 11.3. The molecule has 0 saturated heterocycles. The van der Waals surface area contributed by atoms with Gasteiger partial charge in [0, 0.05) is 19.2 Å². The van der Waals surface area contributed by atoms with Gasteiger partial charge in [0.1, 0.15) is 5.75 Å². The minimum absolute atomic E-state index is 0.0381. The average molecular weight is 250 g/mol. The largest absolute Gasteiger partial charge is 0.494 e. The van der Waals surface area contributed by atoms with Crippen LogP contribution in [-0.2, 0) is 11.3 Å². The number of carbonyl (C=O) groups excluding carboxylic acids is 1. The van der Waals surface area contributed by atoms with Gasteiger partial charge in [-0.15, -0.1) is 0 Å². The van der Waals surface area contributed by atoms with E-state index in [-0.39, 0.29) is 5.91 Å². The highest BCUT2D eigenvalue weighted by atomic mass is 16.5. The van der Waals surface area contributed by atoms with Gasteiger partial charge in [-0.1, -0.05) is 25.1 Å². The molecule has 100 valence electrons. The topological polar surface area (TPSA) is 55.6 Å². The van der Waals surface area contributed by atoms with Crippen LogP contribution in [0.1, 0.15) is 25.8 Å². The smallest absolute Gasteiger partial charge is 0.239 e. The van der Waals surface area contributed by atoms with Crippen molar-refractivity contribution in [1.29, 1.82) is 0 Å². The number of hydrogen-bond acceptors (Lipinski definition) is 3. The predicted molar refractivity (Wildman–Crippen MR) is 72.4 cm³/mol. The van der Waals surface area contributed by atoms with E-state index >= 15 is 0 Å². The first-order valence-corrected chi connectivity index (χ1v) is 6.31. The fraction of sp³-hybridized carbons (Fsp3) is 0.500. The number of rotatable bonds is 6. The van der Waals surface area contributed by atoms with Gasteiger partial charge >= 0.3 is 0 Å². The Morgan fingerprint density at radius 1 is 1.39 bits per heavy atom. The Balaban J connectivity index is 2.75. The maximum absolute atomic E-state index is 11.9. The Hall–Kier alpha value is -1.55. The first kappa shape index (κ1) is 14.5. The summed E-state index contributed by atoms with van der Waals surface area (Å²) in [7, 11) is 1.76. The quantitative estimate of drug-likeness (QED) is 0.837. The van der Waals surface area contributed by atoms with Crippen LogP contribution in [0.3, 0.4) is 0 Å². The van der Waals surface area contributed by atoms with Gasteiger partial charge < -0.3 is 15.4 Å². The molecule has 1 aromatic carbocycles. The Labute approximate surface area is 109 Å². The fourth-order valence-electron chi connectivity index (χ4n) is 1.72. The standard InChI is InChI=1S/C14H22N2O2/c1-4-12(15)14(17)16(3)10-11-8-6-7-9-13(11)18-5-2/h6-9,12H,4-5,10,15H2,1-3H3. The van der Waals surface area contributed by atoms with Gasteiger partial charge in [-0.25, -0.2) is 0 Å². The van der Waals surface area contributed by atoms with Crippen molar-refractivity contribution >= 4 is 5.91 Å². The van der Waals surface area contributed by atoms with Crippen molar-refractivity contribution < 1.29 is 9.53 Å². The summed E-state index contributed by atoms with van der Waals surface area (Å²) in [4.78, 5) is 13.6. The number of nitrogens with two attached hydrogens (primary N) is 1. The Morgan fingerprint density at radius 2 is 2.06 bits per heavy atom. The minimum Gasteiger partial charge on any atom is -0.494 e. The number of nitrogens with zero attached hydrogens (tertiary/aromatic N) is 1. The van der Waals surface area contributed by atoms with Crippen molar-refractivity contribution in [3.05, 3.63) is 29.8 Å². The molecule has 0 bridgehead atoms. The molecule has 0 heterocycles. The SMILES string of the molecule is CCOc1ccccc1CN(C)C(=O)C(N)CC. The highest BCUT2D eigenvalue weighted by Crippen LogP contribution is 2.19. The number of ether oxygens (including phenoxy) is 1. The van der Waals surface area contributed by atoms with Crippen molar-refractivity contribution in [3.63, 3.8) is 0 Å². The highest BCUT2D eigenvalue weighted by molar-refractivity contribution is 5.81. The maximum atomic E-state index is 11.9. The summed E-state index contributed by atoms with van der Waals surface area (Å²) in [6.45, 7) is 4.98. The minimum atomic E-state index is -0.422. The lowest BCUT2D eigenvalue weighted by molar-refractivity contribution is -0.131. The molecular weight excluding hydrogens is 228 g/mol. The molecule has 0 saturated carbocycles. The lowest BCUT2D eigenvalue weighted by Gasteiger charge is -2.21. The number of para-hydroxylation sites is 1. The molecule has 1 atom stereocenters. The van der Waals surface area contributed by atoms with E-state index in [0.29, 0.717) is 19.6 Å². The number of amides is 1. The second-order valence-electron chi connectivity index (χ2n) is 4.25. The number of benzene rings is 1. The first-order valence-electron chi connectivity index (χ1n) is 6.31. The molecule has 4 heteroatoms. The van der Waals surface area contributed by atoms with Crippen LogP contribution in [0.4, 0.5) is 0 Å². The van der Waals surface area contributed by atoms with Gasteiger partial charge in [0.2, 0.25) is 5.91 Å². The summed E-state index contributed by atoms with van der Waals surface area (Å²) in [5.41, 5.74) is 6.74. The van der Waals surface area contributed by atoms with Crippen LogP contribution in [0.15, 0.2) is 24.3 Å². The number of likely N-dealkylation sites (N-methyl/N-ethyl adjacent to an activating group) is 1. The van der Waals surface area contributed by atoms with Gasteiger partial charge in [0.05, 0.1) is 12.6 Å². The van der Waals surface area contributed by atoms with E-state index in [4.69, 9.17) is 10.5 Å². The van der Waals surface area contributed by atoms with Crippen LogP contribution in [0, 0.1) is 0 Å².